The van der Waals surface area contributed by atoms with Crippen LogP contribution in [-0.2, 0) is 9.59 Å². The number of nitrogens with one attached hydrogen (secondary N) is 1. The molecule has 2 unspecified atom stereocenters. The maximum atomic E-state index is 12.1. The fraction of sp³-hybridized carbons (Fsp3) is 0.500. The predicted molar refractivity (Wildman–Crippen MR) is 96.5 cm³/mol. The Morgan fingerprint density at radius 1 is 1.24 bits per heavy atom. The summed E-state index contributed by atoms with van der Waals surface area (Å²) in [7, 11) is 0. The summed E-state index contributed by atoms with van der Waals surface area (Å²) >= 11 is 0. The molecule has 0 radical (unpaired) electrons. The van der Waals surface area contributed by atoms with Gasteiger partial charge in [-0.05, 0) is 32.8 Å². The summed E-state index contributed by atoms with van der Waals surface area (Å²) < 4.78 is 0. The van der Waals surface area contributed by atoms with Gasteiger partial charge in [-0.2, -0.15) is 0 Å². The number of amides is 2. The molecule has 0 aliphatic carbocycles. The summed E-state index contributed by atoms with van der Waals surface area (Å²) in [5.74, 6) is -0.268. The third kappa shape index (κ3) is 5.93. The molecular weight excluding hydrogens is 318 g/mol. The van der Waals surface area contributed by atoms with Crippen LogP contribution in [-0.4, -0.2) is 23.4 Å². The number of rotatable bonds is 4. The van der Waals surface area contributed by atoms with E-state index in [4.69, 9.17) is 0 Å². The maximum Gasteiger partial charge on any atom is 0.229 e. The highest BCUT2D eigenvalue weighted by atomic mass is 16.2. The highest BCUT2D eigenvalue weighted by molar-refractivity contribution is 6.08. The van der Waals surface area contributed by atoms with Gasteiger partial charge in [-0.3, -0.25) is 24.5 Å². The number of carbonyl (C=O) groups is 4. The van der Waals surface area contributed by atoms with E-state index in [1.807, 2.05) is 33.8 Å². The lowest BCUT2D eigenvalue weighted by Gasteiger charge is -2.15. The van der Waals surface area contributed by atoms with E-state index < -0.39 is 0 Å². The number of carbonyl (C=O) groups excluding carboxylic acids is 4. The van der Waals surface area contributed by atoms with Crippen LogP contribution in [0.15, 0.2) is 18.2 Å². The smallest absolute Gasteiger partial charge is 0.229 e. The van der Waals surface area contributed by atoms with Gasteiger partial charge in [0.2, 0.25) is 11.8 Å². The van der Waals surface area contributed by atoms with Crippen LogP contribution in [0.2, 0.25) is 0 Å². The van der Waals surface area contributed by atoms with E-state index in [1.54, 1.807) is 12.1 Å². The van der Waals surface area contributed by atoms with Gasteiger partial charge in [0.05, 0.1) is 0 Å². The van der Waals surface area contributed by atoms with Crippen LogP contribution in [0.25, 0.3) is 0 Å². The number of imide groups is 1. The summed E-state index contributed by atoms with van der Waals surface area (Å²) in [6.07, 6.45) is 1.99. The molecule has 2 atom stereocenters. The van der Waals surface area contributed by atoms with Crippen molar-refractivity contribution in [1.29, 1.82) is 0 Å². The second-order valence-corrected chi connectivity index (χ2v) is 6.63. The lowest BCUT2D eigenvalue weighted by atomic mass is 9.91. The molecule has 0 aromatic heterocycles. The van der Waals surface area contributed by atoms with Gasteiger partial charge in [0.25, 0.3) is 0 Å². The Labute approximate surface area is 149 Å². The van der Waals surface area contributed by atoms with E-state index in [1.165, 1.54) is 6.92 Å². The molecule has 1 aromatic carbocycles. The zero-order chi connectivity index (χ0) is 19.1. The van der Waals surface area contributed by atoms with Gasteiger partial charge in [0.15, 0.2) is 11.6 Å². The Morgan fingerprint density at radius 3 is 2.36 bits per heavy atom. The van der Waals surface area contributed by atoms with Crippen molar-refractivity contribution < 1.29 is 19.2 Å². The van der Waals surface area contributed by atoms with E-state index in [2.05, 4.69) is 5.32 Å². The highest BCUT2D eigenvalue weighted by Crippen LogP contribution is 2.18. The van der Waals surface area contributed by atoms with E-state index in [0.717, 1.165) is 12.0 Å². The number of ketones is 2. The van der Waals surface area contributed by atoms with Gasteiger partial charge in [-0.15, -0.1) is 0 Å². The lowest BCUT2D eigenvalue weighted by Crippen LogP contribution is -2.39. The molecule has 1 N–H and O–H groups in total. The Morgan fingerprint density at radius 2 is 1.88 bits per heavy atom. The Hall–Kier alpha value is -2.30. The van der Waals surface area contributed by atoms with Gasteiger partial charge in [0.1, 0.15) is 0 Å². The molecule has 5 heteroatoms. The van der Waals surface area contributed by atoms with Gasteiger partial charge in [-0.25, -0.2) is 0 Å². The Kier molecular flexibility index (Phi) is 7.68. The van der Waals surface area contributed by atoms with Crippen molar-refractivity contribution >= 4 is 23.4 Å². The molecule has 2 amide bonds. The normalized spacial score (nSPS) is 17.9. The first-order valence-corrected chi connectivity index (χ1v) is 8.66. The monoisotopic (exact) mass is 345 g/mol. The predicted octanol–water partition coefficient (Wildman–Crippen LogP) is 3.49. The summed E-state index contributed by atoms with van der Waals surface area (Å²) in [6.45, 7) is 9.12. The SMILES string of the molecule is CC1CCC(=O)NC1=O.CCC(C)C(=O)c1ccc(C)cc1C(C)=O. The molecule has 0 bridgehead atoms. The lowest BCUT2D eigenvalue weighted by molar-refractivity contribution is -0.135. The molecule has 1 aromatic rings. The van der Waals surface area contributed by atoms with Gasteiger partial charge in [0, 0.05) is 29.4 Å². The van der Waals surface area contributed by atoms with Crippen molar-refractivity contribution in [2.45, 2.75) is 53.9 Å². The fourth-order valence-electron chi connectivity index (χ4n) is 2.42. The molecule has 0 saturated carbocycles. The number of benzene rings is 1. The number of aryl methyl sites for hydroxylation is 1. The molecule has 1 aliphatic rings. The van der Waals surface area contributed by atoms with Crippen LogP contribution in [0, 0.1) is 18.8 Å². The third-order valence-corrected chi connectivity index (χ3v) is 4.39. The second kappa shape index (κ2) is 9.25. The van der Waals surface area contributed by atoms with Crippen molar-refractivity contribution in [1.82, 2.24) is 5.32 Å². The zero-order valence-electron chi connectivity index (χ0n) is 15.6. The van der Waals surface area contributed by atoms with E-state index in [9.17, 15) is 19.2 Å². The van der Waals surface area contributed by atoms with Crippen LogP contribution in [0.4, 0.5) is 0 Å². The number of hydrogen-bond acceptors (Lipinski definition) is 4. The van der Waals surface area contributed by atoms with Crippen LogP contribution in [0.3, 0.4) is 0 Å². The minimum Gasteiger partial charge on any atom is -0.296 e. The average Bonchev–Trinajstić information content (AvgIpc) is 2.57. The Balaban J connectivity index is 0.000000293. The van der Waals surface area contributed by atoms with Gasteiger partial charge < -0.3 is 0 Å². The zero-order valence-corrected chi connectivity index (χ0v) is 15.6. The largest absolute Gasteiger partial charge is 0.296 e. The molecule has 1 aliphatic heterocycles. The molecule has 1 saturated heterocycles. The number of hydrogen-bond donors (Lipinski definition) is 1. The minimum atomic E-state index is -0.141. The Bertz CT molecular complexity index is 678. The minimum absolute atomic E-state index is 0.0164. The van der Waals surface area contributed by atoms with E-state index in [-0.39, 0.29) is 35.2 Å². The first-order chi connectivity index (χ1) is 11.7. The molecular formula is C20H27NO4. The maximum absolute atomic E-state index is 12.1. The van der Waals surface area contributed by atoms with Gasteiger partial charge >= 0.3 is 0 Å². The van der Waals surface area contributed by atoms with Crippen molar-refractivity contribution in [2.75, 3.05) is 0 Å². The molecule has 1 fully saturated rings. The summed E-state index contributed by atoms with van der Waals surface area (Å²) in [6, 6.07) is 5.43. The van der Waals surface area contributed by atoms with Crippen LogP contribution >= 0.6 is 0 Å². The topological polar surface area (TPSA) is 80.3 Å². The van der Waals surface area contributed by atoms with Crippen LogP contribution < -0.4 is 5.32 Å². The van der Waals surface area contributed by atoms with Crippen molar-refractivity contribution in [2.24, 2.45) is 11.8 Å². The van der Waals surface area contributed by atoms with Crippen LogP contribution in [0.1, 0.15) is 73.2 Å². The van der Waals surface area contributed by atoms with Crippen LogP contribution in [0.5, 0.6) is 0 Å². The highest BCUT2D eigenvalue weighted by Gasteiger charge is 2.21. The first kappa shape index (κ1) is 20.7. The van der Waals surface area contributed by atoms with E-state index >= 15 is 0 Å². The molecule has 2 rings (SSSR count). The van der Waals surface area contributed by atoms with Crippen molar-refractivity contribution in [3.63, 3.8) is 0 Å². The summed E-state index contributed by atoms with van der Waals surface area (Å²) in [5.41, 5.74) is 2.11. The molecule has 0 spiro atoms. The second-order valence-electron chi connectivity index (χ2n) is 6.63. The summed E-state index contributed by atoms with van der Waals surface area (Å²) in [4.78, 5) is 44.7. The molecule has 136 valence electrons. The third-order valence-electron chi connectivity index (χ3n) is 4.39. The van der Waals surface area contributed by atoms with Gasteiger partial charge in [-0.1, -0.05) is 38.5 Å². The van der Waals surface area contributed by atoms with Crippen molar-refractivity contribution in [3.05, 3.63) is 34.9 Å². The fourth-order valence-corrected chi connectivity index (χ4v) is 2.42. The van der Waals surface area contributed by atoms with Crippen molar-refractivity contribution in [3.8, 4) is 0 Å². The number of Topliss-reactive ketones (excluding diaryl/α,β-unsaturated/α-hetero) is 2. The number of piperidine rings is 1. The standard InChI is InChI=1S/C14H18O2.C6H9NO2/c1-5-10(3)14(16)12-7-6-9(2)8-13(12)11(4)15;1-4-2-3-5(8)7-6(4)9/h6-8,10H,5H2,1-4H3;4H,2-3H2,1H3,(H,7,8,9). The molecule has 1 heterocycles. The first-order valence-electron chi connectivity index (χ1n) is 8.66. The summed E-state index contributed by atoms with van der Waals surface area (Å²) in [5, 5.41) is 2.25. The molecule has 25 heavy (non-hydrogen) atoms. The average molecular weight is 345 g/mol. The molecule has 5 nitrogen and oxygen atoms in total. The quantitative estimate of drug-likeness (QED) is 0.669. The van der Waals surface area contributed by atoms with E-state index in [0.29, 0.717) is 24.0 Å².